The van der Waals surface area contributed by atoms with Crippen LogP contribution in [0.1, 0.15) is 13.8 Å². The Kier molecular flexibility index (Phi) is 3.63. The van der Waals surface area contributed by atoms with Gasteiger partial charge in [0.25, 0.3) is 15.2 Å². The molecule has 0 aromatic carbocycles. The van der Waals surface area contributed by atoms with Gasteiger partial charge in [-0.2, -0.15) is 0 Å². The predicted octanol–water partition coefficient (Wildman–Crippen LogP) is 0.644. The molecule has 2 heterocycles. The highest BCUT2D eigenvalue weighted by Gasteiger charge is 2.22. The molecule has 0 aliphatic rings. The molecule has 0 radical (unpaired) electrons. The number of pyridine rings is 1. The monoisotopic (exact) mass is 281 g/mol. The zero-order chi connectivity index (χ0) is 14.0. The van der Waals surface area contributed by atoms with Gasteiger partial charge in [-0.1, -0.05) is 13.8 Å². The fourth-order valence-electron chi connectivity index (χ4n) is 1.74. The van der Waals surface area contributed by atoms with Crippen LogP contribution in [0, 0.1) is 5.92 Å². The minimum atomic E-state index is -3.89. The molecule has 0 aliphatic carbocycles. The third kappa shape index (κ3) is 2.96. The highest BCUT2D eigenvalue weighted by Crippen LogP contribution is 2.20. The van der Waals surface area contributed by atoms with Gasteiger partial charge in [-0.3, -0.25) is 9.55 Å². The molecular formula is C11H15N5O2S. The number of hydrogen-bond donors (Lipinski definition) is 1. The molecule has 0 atom stereocenters. The minimum absolute atomic E-state index is 0.215. The van der Waals surface area contributed by atoms with Crippen molar-refractivity contribution >= 4 is 10.0 Å². The lowest BCUT2D eigenvalue weighted by atomic mass is 10.2. The lowest BCUT2D eigenvalue weighted by Crippen LogP contribution is -2.20. The number of rotatable bonds is 4. The molecule has 0 spiro atoms. The normalized spacial score (nSPS) is 12.0. The van der Waals surface area contributed by atoms with Gasteiger partial charge in [0.2, 0.25) is 0 Å². The van der Waals surface area contributed by atoms with Crippen LogP contribution in [-0.4, -0.2) is 28.2 Å². The second-order valence-corrected chi connectivity index (χ2v) is 6.05. The van der Waals surface area contributed by atoms with Crippen molar-refractivity contribution in [2.24, 2.45) is 11.1 Å². The molecule has 2 aromatic heterocycles. The molecule has 2 N–H and O–H groups in total. The van der Waals surface area contributed by atoms with Crippen LogP contribution in [0.3, 0.4) is 0 Å². The van der Waals surface area contributed by atoms with Crippen molar-refractivity contribution in [1.29, 1.82) is 0 Å². The number of primary sulfonamides is 1. The molecule has 7 nitrogen and oxygen atoms in total. The van der Waals surface area contributed by atoms with E-state index < -0.39 is 10.0 Å². The summed E-state index contributed by atoms with van der Waals surface area (Å²) in [6, 6.07) is 3.49. The van der Waals surface area contributed by atoms with Crippen LogP contribution in [0.15, 0.2) is 29.7 Å². The van der Waals surface area contributed by atoms with Crippen molar-refractivity contribution < 1.29 is 8.42 Å². The van der Waals surface area contributed by atoms with Gasteiger partial charge in [0, 0.05) is 24.5 Å². The largest absolute Gasteiger partial charge is 0.296 e. The summed E-state index contributed by atoms with van der Waals surface area (Å²) >= 11 is 0. The van der Waals surface area contributed by atoms with Crippen molar-refractivity contribution in [3.05, 3.63) is 24.5 Å². The number of hydrogen-bond acceptors (Lipinski definition) is 5. The van der Waals surface area contributed by atoms with Crippen LogP contribution in [0.2, 0.25) is 0 Å². The average Bonchev–Trinajstić information content (AvgIpc) is 2.72. The first kappa shape index (κ1) is 13.6. The fraction of sp³-hybridized carbons (Fsp3) is 0.364. The fourth-order valence-corrected chi connectivity index (χ4v) is 2.37. The third-order valence-electron chi connectivity index (χ3n) is 2.46. The van der Waals surface area contributed by atoms with Gasteiger partial charge in [0.05, 0.1) is 0 Å². The van der Waals surface area contributed by atoms with Crippen molar-refractivity contribution in [3.8, 4) is 11.4 Å². The Hall–Kier alpha value is -1.80. The smallest absolute Gasteiger partial charge is 0.273 e. The van der Waals surface area contributed by atoms with Gasteiger partial charge in [-0.25, -0.2) is 13.6 Å². The van der Waals surface area contributed by atoms with E-state index in [1.807, 2.05) is 13.8 Å². The molecule has 0 amide bonds. The van der Waals surface area contributed by atoms with E-state index in [1.54, 1.807) is 24.5 Å². The molecule has 0 fully saturated rings. The van der Waals surface area contributed by atoms with Gasteiger partial charge in [-0.15, -0.1) is 10.2 Å². The first-order valence-electron chi connectivity index (χ1n) is 5.76. The first-order valence-corrected chi connectivity index (χ1v) is 7.30. The van der Waals surface area contributed by atoms with Crippen molar-refractivity contribution in [1.82, 2.24) is 19.7 Å². The van der Waals surface area contributed by atoms with E-state index in [9.17, 15) is 8.42 Å². The Morgan fingerprint density at radius 2 is 1.89 bits per heavy atom. The molecule has 0 unspecified atom stereocenters. The van der Waals surface area contributed by atoms with E-state index in [0.29, 0.717) is 12.4 Å². The Balaban J connectivity index is 2.60. The maximum Gasteiger partial charge on any atom is 0.273 e. The quantitative estimate of drug-likeness (QED) is 0.885. The molecule has 0 bridgehead atoms. The number of sulfonamides is 1. The van der Waals surface area contributed by atoms with Crippen molar-refractivity contribution in [2.75, 3.05) is 0 Å². The van der Waals surface area contributed by atoms with E-state index >= 15 is 0 Å². The summed E-state index contributed by atoms with van der Waals surface area (Å²) in [5, 5.41) is 12.6. The minimum Gasteiger partial charge on any atom is -0.296 e. The molecule has 0 aliphatic heterocycles. The molecule has 19 heavy (non-hydrogen) atoms. The Morgan fingerprint density at radius 1 is 1.26 bits per heavy atom. The highest BCUT2D eigenvalue weighted by molar-refractivity contribution is 7.89. The van der Waals surface area contributed by atoms with Crippen LogP contribution in [0.5, 0.6) is 0 Å². The van der Waals surface area contributed by atoms with Gasteiger partial charge in [0.1, 0.15) is 0 Å². The standard InChI is InChI=1S/C11H15N5O2S/c1-8(2)7-16-10(9-3-5-13-6-4-9)14-15-11(16)19(12,17)18/h3-6,8H,7H2,1-2H3,(H2,12,17,18). The lowest BCUT2D eigenvalue weighted by Gasteiger charge is -2.11. The second-order valence-electron chi connectivity index (χ2n) is 4.59. The summed E-state index contributed by atoms with van der Waals surface area (Å²) in [4.78, 5) is 3.92. The van der Waals surface area contributed by atoms with Crippen LogP contribution < -0.4 is 5.14 Å². The third-order valence-corrected chi connectivity index (χ3v) is 3.27. The molecule has 0 saturated carbocycles. The van der Waals surface area contributed by atoms with E-state index in [2.05, 4.69) is 15.2 Å². The van der Waals surface area contributed by atoms with Crippen LogP contribution >= 0.6 is 0 Å². The number of nitrogens with two attached hydrogens (primary N) is 1. The number of aromatic nitrogens is 4. The molecular weight excluding hydrogens is 266 g/mol. The lowest BCUT2D eigenvalue weighted by molar-refractivity contribution is 0.486. The van der Waals surface area contributed by atoms with Crippen molar-refractivity contribution in [2.45, 2.75) is 25.5 Å². The highest BCUT2D eigenvalue weighted by atomic mass is 32.2. The predicted molar refractivity (Wildman–Crippen MR) is 69.5 cm³/mol. The van der Waals surface area contributed by atoms with E-state index in [-0.39, 0.29) is 11.1 Å². The summed E-state index contributed by atoms with van der Waals surface area (Å²) in [7, 11) is -3.89. The van der Waals surface area contributed by atoms with E-state index in [1.165, 1.54) is 4.57 Å². The Bertz CT molecular complexity index is 664. The summed E-state index contributed by atoms with van der Waals surface area (Å²) in [5.41, 5.74) is 0.748. The second kappa shape index (κ2) is 5.06. The van der Waals surface area contributed by atoms with Gasteiger partial charge in [0.15, 0.2) is 5.82 Å². The maximum atomic E-state index is 11.5. The molecule has 8 heteroatoms. The van der Waals surface area contributed by atoms with Crippen LogP contribution in [0.25, 0.3) is 11.4 Å². The SMILES string of the molecule is CC(C)Cn1c(-c2ccncc2)nnc1S(N)(=O)=O. The summed E-state index contributed by atoms with van der Waals surface area (Å²) in [5.74, 6) is 0.706. The van der Waals surface area contributed by atoms with Crippen LogP contribution in [-0.2, 0) is 16.6 Å². The molecule has 2 rings (SSSR count). The maximum absolute atomic E-state index is 11.5. The summed E-state index contributed by atoms with van der Waals surface area (Å²) in [6.45, 7) is 4.42. The average molecular weight is 281 g/mol. The Morgan fingerprint density at radius 3 is 2.42 bits per heavy atom. The molecule has 102 valence electrons. The summed E-state index contributed by atoms with van der Waals surface area (Å²) in [6.07, 6.45) is 3.22. The van der Waals surface area contributed by atoms with Gasteiger partial charge in [-0.05, 0) is 18.1 Å². The van der Waals surface area contributed by atoms with Gasteiger partial charge >= 0.3 is 0 Å². The Labute approximate surface area is 111 Å². The zero-order valence-electron chi connectivity index (χ0n) is 10.7. The first-order chi connectivity index (χ1) is 8.89. The summed E-state index contributed by atoms with van der Waals surface area (Å²) < 4.78 is 24.6. The zero-order valence-corrected chi connectivity index (χ0v) is 11.5. The van der Waals surface area contributed by atoms with Gasteiger partial charge < -0.3 is 0 Å². The van der Waals surface area contributed by atoms with E-state index in [0.717, 1.165) is 5.56 Å². The molecule has 2 aromatic rings. The van der Waals surface area contributed by atoms with Crippen LogP contribution in [0.4, 0.5) is 0 Å². The van der Waals surface area contributed by atoms with E-state index in [4.69, 9.17) is 5.14 Å². The number of nitrogens with zero attached hydrogens (tertiary/aromatic N) is 4. The van der Waals surface area contributed by atoms with Crippen molar-refractivity contribution in [3.63, 3.8) is 0 Å². The topological polar surface area (TPSA) is 104 Å². The molecule has 0 saturated heterocycles.